The molecule has 0 bridgehead atoms. The van der Waals surface area contributed by atoms with E-state index in [1.165, 1.54) is 7.05 Å². The molecule has 1 aromatic rings. The average Bonchev–Trinajstić information content (AvgIpc) is 2.75. The fourth-order valence-corrected chi connectivity index (χ4v) is 3.93. The number of aliphatic hydroxyl groups is 1. The van der Waals surface area contributed by atoms with E-state index in [1.807, 2.05) is 0 Å². The van der Waals surface area contributed by atoms with Crippen LogP contribution in [-0.4, -0.2) is 37.0 Å². The van der Waals surface area contributed by atoms with Crippen LogP contribution in [0, 0.1) is 11.6 Å². The Labute approximate surface area is 117 Å². The minimum absolute atomic E-state index is 0.164. The van der Waals surface area contributed by atoms with Gasteiger partial charge in [0.1, 0.15) is 11.6 Å². The van der Waals surface area contributed by atoms with Crippen LogP contribution in [-0.2, 0) is 10.0 Å². The van der Waals surface area contributed by atoms with Crippen LogP contribution < -0.4 is 0 Å². The predicted molar refractivity (Wildman–Crippen MR) is 69.6 cm³/mol. The van der Waals surface area contributed by atoms with Gasteiger partial charge in [-0.25, -0.2) is 17.2 Å². The van der Waals surface area contributed by atoms with Crippen LogP contribution in [0.1, 0.15) is 25.7 Å². The summed E-state index contributed by atoms with van der Waals surface area (Å²) in [6.45, 7) is -0.164. The van der Waals surface area contributed by atoms with Crippen molar-refractivity contribution >= 4 is 10.0 Å². The minimum atomic E-state index is -4.30. The number of benzene rings is 1. The molecule has 1 aliphatic rings. The average molecular weight is 305 g/mol. The first kappa shape index (κ1) is 15.3. The van der Waals surface area contributed by atoms with Crippen molar-refractivity contribution in [2.24, 2.45) is 0 Å². The van der Waals surface area contributed by atoms with Crippen LogP contribution in [0.4, 0.5) is 8.78 Å². The number of hydrogen-bond donors (Lipinski definition) is 1. The normalized spacial score (nSPS) is 18.6. The zero-order chi connectivity index (χ0) is 15.0. The standard InChI is InChI=1S/C13H17F2NO3S/c1-16(9-13(17)7-2-3-8-13)20(18,19)12-10(14)5-4-6-11(12)15/h4-6,17H,2-3,7-9H2,1H3. The van der Waals surface area contributed by atoms with Crippen LogP contribution in [0.5, 0.6) is 0 Å². The minimum Gasteiger partial charge on any atom is -0.389 e. The van der Waals surface area contributed by atoms with E-state index >= 15 is 0 Å². The second-order valence-electron chi connectivity index (χ2n) is 5.24. The van der Waals surface area contributed by atoms with E-state index in [4.69, 9.17) is 0 Å². The fraction of sp³-hybridized carbons (Fsp3) is 0.538. The van der Waals surface area contributed by atoms with Gasteiger partial charge >= 0.3 is 0 Å². The summed E-state index contributed by atoms with van der Waals surface area (Å²) in [4.78, 5) is -0.968. The molecular formula is C13H17F2NO3S. The van der Waals surface area contributed by atoms with Gasteiger partial charge in [-0.15, -0.1) is 0 Å². The quantitative estimate of drug-likeness (QED) is 0.924. The third-order valence-electron chi connectivity index (χ3n) is 3.64. The molecule has 20 heavy (non-hydrogen) atoms. The highest BCUT2D eigenvalue weighted by atomic mass is 32.2. The van der Waals surface area contributed by atoms with Gasteiger partial charge in [0, 0.05) is 13.6 Å². The first-order chi connectivity index (χ1) is 9.26. The molecule has 0 aliphatic heterocycles. The lowest BCUT2D eigenvalue weighted by Crippen LogP contribution is -2.42. The van der Waals surface area contributed by atoms with Gasteiger partial charge < -0.3 is 5.11 Å². The van der Waals surface area contributed by atoms with Gasteiger partial charge in [-0.1, -0.05) is 18.9 Å². The molecule has 1 N–H and O–H groups in total. The molecule has 0 unspecified atom stereocenters. The molecule has 0 spiro atoms. The molecule has 0 amide bonds. The lowest BCUT2D eigenvalue weighted by molar-refractivity contribution is 0.0332. The van der Waals surface area contributed by atoms with E-state index in [1.54, 1.807) is 0 Å². The molecule has 1 fully saturated rings. The van der Waals surface area contributed by atoms with Crippen molar-refractivity contribution in [3.8, 4) is 0 Å². The van der Waals surface area contributed by atoms with Crippen molar-refractivity contribution < 1.29 is 22.3 Å². The Balaban J connectivity index is 2.30. The summed E-state index contributed by atoms with van der Waals surface area (Å²) in [6.07, 6.45) is 2.62. The van der Waals surface area contributed by atoms with Gasteiger partial charge in [0.15, 0.2) is 4.90 Å². The van der Waals surface area contributed by atoms with Crippen molar-refractivity contribution in [1.82, 2.24) is 4.31 Å². The third kappa shape index (κ3) is 2.84. The summed E-state index contributed by atoms with van der Waals surface area (Å²) in [5, 5.41) is 10.2. The zero-order valence-corrected chi connectivity index (χ0v) is 12.0. The Morgan fingerprint density at radius 1 is 1.25 bits per heavy atom. The van der Waals surface area contributed by atoms with E-state index in [-0.39, 0.29) is 6.54 Å². The summed E-state index contributed by atoms with van der Waals surface area (Å²) < 4.78 is 52.5. The number of sulfonamides is 1. The summed E-state index contributed by atoms with van der Waals surface area (Å²) in [6, 6.07) is 2.90. The number of rotatable bonds is 4. The van der Waals surface area contributed by atoms with Gasteiger partial charge in [-0.05, 0) is 25.0 Å². The molecule has 4 nitrogen and oxygen atoms in total. The Morgan fingerprint density at radius 3 is 2.25 bits per heavy atom. The lowest BCUT2D eigenvalue weighted by atomic mass is 10.0. The van der Waals surface area contributed by atoms with Crippen LogP contribution in [0.15, 0.2) is 23.1 Å². The Morgan fingerprint density at radius 2 is 1.75 bits per heavy atom. The molecule has 0 atom stereocenters. The van der Waals surface area contributed by atoms with E-state index in [2.05, 4.69) is 0 Å². The Kier molecular flexibility index (Phi) is 4.13. The first-order valence-electron chi connectivity index (χ1n) is 6.39. The number of halogens is 2. The first-order valence-corrected chi connectivity index (χ1v) is 7.83. The maximum absolute atomic E-state index is 13.6. The molecule has 0 saturated heterocycles. The summed E-state index contributed by atoms with van der Waals surface area (Å²) in [5.41, 5.74) is -1.11. The van der Waals surface area contributed by atoms with Gasteiger partial charge in [0.2, 0.25) is 10.0 Å². The maximum atomic E-state index is 13.6. The van der Waals surface area contributed by atoms with E-state index < -0.39 is 32.2 Å². The highest BCUT2D eigenvalue weighted by Gasteiger charge is 2.37. The summed E-state index contributed by atoms with van der Waals surface area (Å²) in [5.74, 6) is -2.26. The number of nitrogens with zero attached hydrogens (tertiary/aromatic N) is 1. The van der Waals surface area contributed by atoms with Crippen molar-refractivity contribution in [3.63, 3.8) is 0 Å². The molecule has 1 aliphatic carbocycles. The molecule has 0 radical (unpaired) electrons. The smallest absolute Gasteiger partial charge is 0.248 e. The highest BCUT2D eigenvalue weighted by molar-refractivity contribution is 7.89. The summed E-state index contributed by atoms with van der Waals surface area (Å²) >= 11 is 0. The van der Waals surface area contributed by atoms with Gasteiger partial charge in [0.25, 0.3) is 0 Å². The van der Waals surface area contributed by atoms with Crippen molar-refractivity contribution in [2.75, 3.05) is 13.6 Å². The Hall–Kier alpha value is -1.05. The molecule has 1 aromatic carbocycles. The largest absolute Gasteiger partial charge is 0.389 e. The van der Waals surface area contributed by atoms with Gasteiger partial charge in [0.05, 0.1) is 5.60 Å². The molecule has 112 valence electrons. The maximum Gasteiger partial charge on any atom is 0.248 e. The van der Waals surface area contributed by atoms with Crippen molar-refractivity contribution in [1.29, 1.82) is 0 Å². The molecule has 0 heterocycles. The van der Waals surface area contributed by atoms with Crippen molar-refractivity contribution in [3.05, 3.63) is 29.8 Å². The van der Waals surface area contributed by atoms with Crippen LogP contribution >= 0.6 is 0 Å². The van der Waals surface area contributed by atoms with Crippen LogP contribution in [0.2, 0.25) is 0 Å². The van der Waals surface area contributed by atoms with Crippen LogP contribution in [0.25, 0.3) is 0 Å². The third-order valence-corrected chi connectivity index (χ3v) is 5.49. The van der Waals surface area contributed by atoms with Crippen LogP contribution in [0.3, 0.4) is 0 Å². The SMILES string of the molecule is CN(CC1(O)CCCC1)S(=O)(=O)c1c(F)cccc1F. The second kappa shape index (κ2) is 5.38. The molecular weight excluding hydrogens is 288 g/mol. The topological polar surface area (TPSA) is 57.6 Å². The molecule has 0 aromatic heterocycles. The second-order valence-corrected chi connectivity index (χ2v) is 7.23. The van der Waals surface area contributed by atoms with E-state index in [0.717, 1.165) is 35.3 Å². The molecule has 7 heteroatoms. The predicted octanol–water partition coefficient (Wildman–Crippen LogP) is 1.89. The monoisotopic (exact) mass is 305 g/mol. The molecule has 2 rings (SSSR count). The highest BCUT2D eigenvalue weighted by Crippen LogP contribution is 2.31. The fourth-order valence-electron chi connectivity index (χ4n) is 2.58. The zero-order valence-electron chi connectivity index (χ0n) is 11.1. The van der Waals surface area contributed by atoms with Gasteiger partial charge in [-0.3, -0.25) is 0 Å². The number of likely N-dealkylation sites (N-methyl/N-ethyl adjacent to an activating group) is 1. The molecule has 1 saturated carbocycles. The number of hydrogen-bond acceptors (Lipinski definition) is 3. The van der Waals surface area contributed by atoms with E-state index in [9.17, 15) is 22.3 Å². The van der Waals surface area contributed by atoms with Crippen molar-refractivity contribution in [2.45, 2.75) is 36.2 Å². The Bertz CT molecular complexity index is 577. The van der Waals surface area contributed by atoms with Gasteiger partial charge in [-0.2, -0.15) is 4.31 Å². The van der Waals surface area contributed by atoms with E-state index in [0.29, 0.717) is 12.8 Å². The lowest BCUT2D eigenvalue weighted by Gasteiger charge is -2.28. The summed E-state index contributed by atoms with van der Waals surface area (Å²) in [7, 11) is -3.08.